The number of esters is 1. The van der Waals surface area contributed by atoms with Gasteiger partial charge in [-0.2, -0.15) is 4.37 Å². The van der Waals surface area contributed by atoms with Gasteiger partial charge >= 0.3 is 5.97 Å². The van der Waals surface area contributed by atoms with E-state index in [0.29, 0.717) is 12.2 Å². The van der Waals surface area contributed by atoms with E-state index < -0.39 is 5.97 Å². The van der Waals surface area contributed by atoms with Crippen LogP contribution in [-0.4, -0.2) is 16.9 Å². The molecule has 17 heavy (non-hydrogen) atoms. The lowest BCUT2D eigenvalue weighted by molar-refractivity contribution is 0.0528. The molecule has 0 bridgehead atoms. The first-order valence-electron chi connectivity index (χ1n) is 5.11. The van der Waals surface area contributed by atoms with Crippen molar-refractivity contribution in [2.24, 2.45) is 0 Å². The van der Waals surface area contributed by atoms with Gasteiger partial charge in [0.25, 0.3) is 0 Å². The Morgan fingerprint density at radius 1 is 1.41 bits per heavy atom. The second-order valence-corrected chi connectivity index (χ2v) is 4.40. The molecule has 0 aliphatic rings. The van der Waals surface area contributed by atoms with Gasteiger partial charge in [-0.25, -0.2) is 4.79 Å². The molecule has 5 heteroatoms. The van der Waals surface area contributed by atoms with Crippen LogP contribution in [0, 0.1) is 0 Å². The Morgan fingerprint density at radius 3 is 2.76 bits per heavy atom. The van der Waals surface area contributed by atoms with Gasteiger partial charge in [-0.1, -0.05) is 41.9 Å². The number of carbonyl (C=O) groups excluding carboxylic acids is 1. The minimum atomic E-state index is -0.426. The quantitative estimate of drug-likeness (QED) is 0.797. The Bertz CT molecular complexity index is 525. The van der Waals surface area contributed by atoms with Crippen molar-refractivity contribution in [3.05, 3.63) is 41.0 Å². The number of halogens is 1. The predicted molar refractivity (Wildman–Crippen MR) is 68.5 cm³/mol. The number of ether oxygens (including phenoxy) is 1. The number of hydrogen-bond acceptors (Lipinski definition) is 4. The number of rotatable bonds is 3. The lowest BCUT2D eigenvalue weighted by Crippen LogP contribution is -2.05. The average Bonchev–Trinajstić information content (AvgIpc) is 2.73. The third-order valence-corrected chi connectivity index (χ3v) is 3.44. The molecule has 0 atom stereocenters. The zero-order valence-corrected chi connectivity index (χ0v) is 10.7. The fourth-order valence-electron chi connectivity index (χ4n) is 1.44. The molecular formula is C12H10ClNO2S. The molecule has 0 fully saturated rings. The summed E-state index contributed by atoms with van der Waals surface area (Å²) in [4.78, 5) is 12.5. The summed E-state index contributed by atoms with van der Waals surface area (Å²) in [6.45, 7) is 2.08. The lowest BCUT2D eigenvalue weighted by Gasteiger charge is -2.03. The molecule has 0 amide bonds. The third kappa shape index (κ3) is 2.48. The van der Waals surface area contributed by atoms with Crippen LogP contribution in [0.4, 0.5) is 0 Å². The highest BCUT2D eigenvalue weighted by atomic mass is 35.5. The molecular weight excluding hydrogens is 258 g/mol. The fraction of sp³-hybridized carbons (Fsp3) is 0.167. The van der Waals surface area contributed by atoms with Crippen LogP contribution in [0.5, 0.6) is 0 Å². The number of nitrogens with zero attached hydrogens (tertiary/aromatic N) is 1. The largest absolute Gasteiger partial charge is 0.462 e. The topological polar surface area (TPSA) is 39.2 Å². The van der Waals surface area contributed by atoms with E-state index in [2.05, 4.69) is 4.37 Å². The van der Waals surface area contributed by atoms with Gasteiger partial charge in [-0.15, -0.1) is 0 Å². The van der Waals surface area contributed by atoms with Crippen molar-refractivity contribution >= 4 is 29.1 Å². The minimum absolute atomic E-state index is 0.201. The van der Waals surface area contributed by atoms with Crippen molar-refractivity contribution in [1.82, 2.24) is 4.37 Å². The SMILES string of the molecule is CCOC(=O)c1c(Cl)nsc1-c1ccccc1. The van der Waals surface area contributed by atoms with Gasteiger partial charge in [-0.05, 0) is 24.0 Å². The molecule has 2 aromatic rings. The third-order valence-electron chi connectivity index (χ3n) is 2.17. The van der Waals surface area contributed by atoms with Gasteiger partial charge in [0.2, 0.25) is 0 Å². The summed E-state index contributed by atoms with van der Waals surface area (Å²) in [6.07, 6.45) is 0. The predicted octanol–water partition coefficient (Wildman–Crippen LogP) is 3.64. The van der Waals surface area contributed by atoms with Gasteiger partial charge in [0.1, 0.15) is 5.56 Å². The normalized spacial score (nSPS) is 10.2. The summed E-state index contributed by atoms with van der Waals surface area (Å²) in [5.41, 5.74) is 1.27. The molecule has 0 N–H and O–H groups in total. The van der Waals surface area contributed by atoms with Crippen molar-refractivity contribution in [1.29, 1.82) is 0 Å². The van der Waals surface area contributed by atoms with E-state index in [1.165, 1.54) is 11.5 Å². The molecule has 0 saturated carbocycles. The van der Waals surface area contributed by atoms with E-state index in [1.807, 2.05) is 30.3 Å². The monoisotopic (exact) mass is 267 g/mol. The maximum absolute atomic E-state index is 11.8. The first kappa shape index (κ1) is 12.1. The number of hydrogen-bond donors (Lipinski definition) is 0. The van der Waals surface area contributed by atoms with Gasteiger partial charge in [0.15, 0.2) is 5.15 Å². The van der Waals surface area contributed by atoms with Crippen LogP contribution in [0.3, 0.4) is 0 Å². The van der Waals surface area contributed by atoms with E-state index in [1.54, 1.807) is 6.92 Å². The van der Waals surface area contributed by atoms with Gasteiger partial charge in [-0.3, -0.25) is 0 Å². The molecule has 88 valence electrons. The van der Waals surface area contributed by atoms with Gasteiger partial charge in [0, 0.05) is 0 Å². The van der Waals surface area contributed by atoms with Crippen LogP contribution in [0.1, 0.15) is 17.3 Å². The molecule has 0 radical (unpaired) electrons. The summed E-state index contributed by atoms with van der Waals surface area (Å²) < 4.78 is 8.98. The standard InChI is InChI=1S/C12H10ClNO2S/c1-2-16-12(15)9-10(17-14-11(9)13)8-6-4-3-5-7-8/h3-7H,2H2,1H3. The molecule has 1 heterocycles. The van der Waals surface area contributed by atoms with Crippen LogP contribution < -0.4 is 0 Å². The Kier molecular flexibility index (Phi) is 3.76. The second-order valence-electron chi connectivity index (χ2n) is 3.26. The van der Waals surface area contributed by atoms with E-state index in [4.69, 9.17) is 16.3 Å². The lowest BCUT2D eigenvalue weighted by atomic mass is 10.1. The van der Waals surface area contributed by atoms with Gasteiger partial charge in [0.05, 0.1) is 11.5 Å². The summed E-state index contributed by atoms with van der Waals surface area (Å²) in [6, 6.07) is 9.53. The molecule has 0 saturated heterocycles. The molecule has 1 aromatic heterocycles. The molecule has 0 aliphatic carbocycles. The van der Waals surface area contributed by atoms with Crippen molar-refractivity contribution in [3.63, 3.8) is 0 Å². The van der Waals surface area contributed by atoms with Crippen molar-refractivity contribution in [3.8, 4) is 10.4 Å². The highest BCUT2D eigenvalue weighted by molar-refractivity contribution is 7.10. The summed E-state index contributed by atoms with van der Waals surface area (Å²) in [5.74, 6) is -0.426. The number of benzene rings is 1. The van der Waals surface area contributed by atoms with E-state index in [9.17, 15) is 4.79 Å². The molecule has 0 spiro atoms. The van der Waals surface area contributed by atoms with Crippen LogP contribution >= 0.6 is 23.1 Å². The summed E-state index contributed by atoms with van der Waals surface area (Å²) >= 11 is 7.12. The highest BCUT2D eigenvalue weighted by Crippen LogP contribution is 2.33. The van der Waals surface area contributed by atoms with Crippen LogP contribution in [0.2, 0.25) is 5.15 Å². The first-order chi connectivity index (χ1) is 8.24. The zero-order valence-electron chi connectivity index (χ0n) is 9.14. The Balaban J connectivity index is 2.46. The smallest absolute Gasteiger partial charge is 0.342 e. The molecule has 3 nitrogen and oxygen atoms in total. The Labute approximate surface area is 108 Å². The first-order valence-corrected chi connectivity index (χ1v) is 6.27. The summed E-state index contributed by atoms with van der Waals surface area (Å²) in [5, 5.41) is 0.201. The number of carbonyl (C=O) groups is 1. The van der Waals surface area contributed by atoms with Crippen molar-refractivity contribution in [2.45, 2.75) is 6.92 Å². The maximum atomic E-state index is 11.8. The Morgan fingerprint density at radius 2 is 2.12 bits per heavy atom. The van der Waals surface area contributed by atoms with E-state index in [-0.39, 0.29) is 5.15 Å². The second kappa shape index (κ2) is 5.29. The Hall–Kier alpha value is -1.39. The average molecular weight is 268 g/mol. The van der Waals surface area contributed by atoms with Crippen LogP contribution in [0.15, 0.2) is 30.3 Å². The van der Waals surface area contributed by atoms with Crippen LogP contribution in [0.25, 0.3) is 10.4 Å². The maximum Gasteiger partial charge on any atom is 0.342 e. The van der Waals surface area contributed by atoms with Crippen molar-refractivity contribution in [2.75, 3.05) is 6.61 Å². The molecule has 2 rings (SSSR count). The zero-order chi connectivity index (χ0) is 12.3. The number of aromatic nitrogens is 1. The molecule has 0 unspecified atom stereocenters. The van der Waals surface area contributed by atoms with Gasteiger partial charge < -0.3 is 4.74 Å². The van der Waals surface area contributed by atoms with E-state index in [0.717, 1.165) is 10.4 Å². The molecule has 0 aliphatic heterocycles. The van der Waals surface area contributed by atoms with Crippen molar-refractivity contribution < 1.29 is 9.53 Å². The highest BCUT2D eigenvalue weighted by Gasteiger charge is 2.21. The summed E-state index contributed by atoms with van der Waals surface area (Å²) in [7, 11) is 0. The fourth-order valence-corrected chi connectivity index (χ4v) is 2.54. The minimum Gasteiger partial charge on any atom is -0.462 e. The van der Waals surface area contributed by atoms with E-state index >= 15 is 0 Å². The molecule has 1 aromatic carbocycles. The van der Waals surface area contributed by atoms with Crippen LogP contribution in [-0.2, 0) is 4.74 Å².